The van der Waals surface area contributed by atoms with E-state index < -0.39 is 35.1 Å². The molecule has 2 aromatic carbocycles. The Bertz CT molecular complexity index is 3060. The van der Waals surface area contributed by atoms with Crippen molar-refractivity contribution in [3.05, 3.63) is 109 Å². The summed E-state index contributed by atoms with van der Waals surface area (Å²) in [4.78, 5) is 97.0. The Kier molecular flexibility index (Phi) is 11.9. The molecule has 7 heterocycles. The van der Waals surface area contributed by atoms with Crippen LogP contribution in [0.2, 0.25) is 10.0 Å². The van der Waals surface area contributed by atoms with E-state index in [9.17, 15) is 28.8 Å². The van der Waals surface area contributed by atoms with Crippen LogP contribution >= 0.6 is 23.2 Å². The number of nitrogens with one attached hydrogen (secondary N) is 1. The maximum Gasteiger partial charge on any atom is 0.329 e. The summed E-state index contributed by atoms with van der Waals surface area (Å²) >= 11 is 12.8. The molecule has 1 N–H and O–H groups in total. The number of nitrogens with zero attached hydrogens (tertiary/aromatic N) is 9. The topological polar surface area (TPSA) is 207 Å². The molecular formula is C45H44Cl2N10O9. The van der Waals surface area contributed by atoms with Crippen LogP contribution in [0, 0.1) is 0 Å². The number of hydrogen-bond donors (Lipinski definition) is 1. The third-order valence-corrected chi connectivity index (χ3v) is 12.8. The molecule has 2 saturated heterocycles. The Morgan fingerprint density at radius 2 is 1.68 bits per heavy atom. The second kappa shape index (κ2) is 17.8. The first-order valence-corrected chi connectivity index (χ1v) is 22.0. The van der Waals surface area contributed by atoms with Crippen LogP contribution in [0.5, 0.6) is 17.6 Å². The second-order valence-electron chi connectivity index (χ2n) is 16.3. The van der Waals surface area contributed by atoms with E-state index in [-0.39, 0.29) is 72.0 Å². The van der Waals surface area contributed by atoms with E-state index >= 15 is 0 Å². The fourth-order valence-corrected chi connectivity index (χ4v) is 9.52. The molecule has 0 spiro atoms. The molecule has 1 unspecified atom stereocenters. The number of halogens is 2. The summed E-state index contributed by atoms with van der Waals surface area (Å²) in [5.41, 5.74) is 1.86. The number of ether oxygens (including phenoxy) is 3. The van der Waals surface area contributed by atoms with Crippen molar-refractivity contribution in [2.24, 2.45) is 14.1 Å². The van der Waals surface area contributed by atoms with Gasteiger partial charge in [-0.1, -0.05) is 41.4 Å². The van der Waals surface area contributed by atoms with E-state index in [1.54, 1.807) is 61.5 Å². The van der Waals surface area contributed by atoms with Gasteiger partial charge in [-0.2, -0.15) is 4.98 Å². The minimum atomic E-state index is -0.860. The van der Waals surface area contributed by atoms with Crippen LogP contribution in [0.1, 0.15) is 72.4 Å². The number of fused-ring (bicyclic) bond motifs is 2. The molecule has 0 saturated carbocycles. The van der Waals surface area contributed by atoms with Crippen LogP contribution in [0.4, 0.5) is 5.69 Å². The summed E-state index contributed by atoms with van der Waals surface area (Å²) in [6, 6.07) is 12.1. The summed E-state index contributed by atoms with van der Waals surface area (Å²) in [7, 11) is 6.05. The zero-order chi connectivity index (χ0) is 46.6. The maximum absolute atomic E-state index is 14.6. The van der Waals surface area contributed by atoms with Gasteiger partial charge in [-0.25, -0.2) is 14.8 Å². The van der Waals surface area contributed by atoms with Crippen LogP contribution < -0.4 is 35.7 Å². The number of pyridine rings is 1. The number of piperidine rings is 2. The summed E-state index contributed by atoms with van der Waals surface area (Å²) in [5, 5.41) is 3.06. The lowest BCUT2D eigenvalue weighted by Crippen LogP contribution is -2.44. The number of rotatable bonds is 12. The van der Waals surface area contributed by atoms with Crippen molar-refractivity contribution in [2.75, 3.05) is 32.2 Å². The Hall–Kier alpha value is -6.99. The minimum absolute atomic E-state index is 0.0559. The van der Waals surface area contributed by atoms with Crippen molar-refractivity contribution in [3.63, 3.8) is 0 Å². The predicted octanol–water partition coefficient (Wildman–Crippen LogP) is 4.59. The third-order valence-electron chi connectivity index (χ3n) is 12.3. The lowest BCUT2D eigenvalue weighted by Gasteiger charge is -2.32. The Morgan fingerprint density at radius 1 is 0.924 bits per heavy atom. The average molecular weight is 940 g/mol. The molecule has 342 valence electrons. The van der Waals surface area contributed by atoms with Gasteiger partial charge in [0, 0.05) is 76.8 Å². The standard InChI is InChI=1S/C45H44Cl2N10O9/c1-52-23-26(47)21-31(42(52)61)57-36(24-10-12-25(46)13-11-24)38-35(43(57)62)50-39(28-22-48-44(65-4)51-41(28)64-3)55(38)18-6-9-34(59)54-19-16-27(17-20-54)66-32-8-5-7-29-37(32)53(2)45(63)56(29)30-14-15-33(58)49-40(30)60/h5,7-8,10-13,21-23,27,30,36H,6,9,14-20H2,1-4H3,(H,49,58,60)/t30?,36-/m0/s1. The van der Waals surface area contributed by atoms with Gasteiger partial charge >= 0.3 is 11.7 Å². The van der Waals surface area contributed by atoms with Crippen molar-refractivity contribution < 1.29 is 33.4 Å². The number of likely N-dealkylation sites (tertiary alicyclic amines) is 1. The number of carbonyl (C=O) groups is 4. The molecule has 2 atom stereocenters. The Morgan fingerprint density at radius 3 is 2.39 bits per heavy atom. The van der Waals surface area contributed by atoms with Crippen molar-refractivity contribution in [1.82, 2.24) is 43.4 Å². The third kappa shape index (κ3) is 7.84. The van der Waals surface area contributed by atoms with Crippen LogP contribution in [0.15, 0.2) is 70.5 Å². The molecule has 9 rings (SSSR count). The van der Waals surface area contributed by atoms with Gasteiger partial charge < -0.3 is 28.2 Å². The molecule has 66 heavy (non-hydrogen) atoms. The van der Waals surface area contributed by atoms with Gasteiger partial charge in [0.2, 0.25) is 23.6 Å². The molecule has 2 fully saturated rings. The van der Waals surface area contributed by atoms with Gasteiger partial charge in [0.1, 0.15) is 41.0 Å². The number of benzene rings is 2. The molecule has 21 heteroatoms. The number of para-hydroxylation sites is 1. The van der Waals surface area contributed by atoms with E-state index in [1.165, 1.54) is 51.3 Å². The van der Waals surface area contributed by atoms with Crippen LogP contribution in [0.25, 0.3) is 22.4 Å². The molecule has 19 nitrogen and oxygen atoms in total. The van der Waals surface area contributed by atoms with E-state index in [2.05, 4.69) is 15.3 Å². The predicted molar refractivity (Wildman–Crippen MR) is 241 cm³/mol. The van der Waals surface area contributed by atoms with Crippen LogP contribution in [-0.2, 0) is 35.0 Å². The van der Waals surface area contributed by atoms with Crippen molar-refractivity contribution in [2.45, 2.75) is 63.3 Å². The minimum Gasteiger partial charge on any atom is -0.488 e. The number of aryl methyl sites for hydroxylation is 2. The molecule has 0 radical (unpaired) electrons. The number of aromatic nitrogens is 7. The first kappa shape index (κ1) is 44.2. The first-order chi connectivity index (χ1) is 31.8. The molecule has 4 amide bonds. The van der Waals surface area contributed by atoms with Crippen molar-refractivity contribution >= 4 is 63.6 Å². The van der Waals surface area contributed by atoms with Gasteiger partial charge in [0.25, 0.3) is 11.5 Å². The first-order valence-electron chi connectivity index (χ1n) is 21.3. The van der Waals surface area contributed by atoms with Gasteiger partial charge in [0.05, 0.1) is 36.0 Å². The summed E-state index contributed by atoms with van der Waals surface area (Å²) in [6.07, 6.45) is 4.61. The summed E-state index contributed by atoms with van der Waals surface area (Å²) in [5.74, 6) is -0.549. The highest BCUT2D eigenvalue weighted by molar-refractivity contribution is 6.31. The maximum atomic E-state index is 14.6. The average Bonchev–Trinajstić information content (AvgIpc) is 3.90. The van der Waals surface area contributed by atoms with Crippen LogP contribution in [0.3, 0.4) is 0 Å². The van der Waals surface area contributed by atoms with E-state index in [0.717, 1.165) is 0 Å². The summed E-state index contributed by atoms with van der Waals surface area (Å²) in [6.45, 7) is 1.08. The number of methoxy groups -OCH3 is 2. The second-order valence-corrected chi connectivity index (χ2v) is 17.2. The van der Waals surface area contributed by atoms with Crippen molar-refractivity contribution in [3.8, 4) is 29.0 Å². The largest absolute Gasteiger partial charge is 0.488 e. The zero-order valence-electron chi connectivity index (χ0n) is 36.3. The SMILES string of the molecule is COc1ncc(-c2nc3c(n2CCCC(=O)N2CCC(Oc4cccc5c4n(C)c(=O)n5C4CCC(=O)NC4=O)CC2)[C@H](c2ccc(Cl)cc2)N(c2cc(Cl)cn(C)c2=O)C3=O)c(OC)n1. The molecule has 6 aromatic rings. The van der Waals surface area contributed by atoms with Gasteiger partial charge in [-0.15, -0.1) is 0 Å². The number of hydrogen-bond acceptors (Lipinski definition) is 12. The van der Waals surface area contributed by atoms with E-state index in [1.807, 2.05) is 4.57 Å². The lowest BCUT2D eigenvalue weighted by atomic mass is 10.0. The zero-order valence-corrected chi connectivity index (χ0v) is 37.8. The molecule has 4 aromatic heterocycles. The number of imidazole rings is 2. The smallest absolute Gasteiger partial charge is 0.329 e. The normalized spacial score (nSPS) is 17.6. The molecule has 0 aliphatic carbocycles. The lowest BCUT2D eigenvalue weighted by molar-refractivity contribution is -0.136. The fourth-order valence-electron chi connectivity index (χ4n) is 9.15. The number of carbonyl (C=O) groups excluding carboxylic acids is 4. The van der Waals surface area contributed by atoms with Crippen molar-refractivity contribution in [1.29, 1.82) is 0 Å². The highest BCUT2D eigenvalue weighted by Gasteiger charge is 2.46. The number of anilines is 1. The quantitative estimate of drug-likeness (QED) is 0.167. The van der Waals surface area contributed by atoms with Crippen LogP contribution in [-0.4, -0.2) is 95.2 Å². The van der Waals surface area contributed by atoms with Gasteiger partial charge in [-0.05, 0) is 48.7 Å². The molecule has 3 aliphatic heterocycles. The monoisotopic (exact) mass is 938 g/mol. The molecular weight excluding hydrogens is 895 g/mol. The van der Waals surface area contributed by atoms with E-state index in [4.69, 9.17) is 42.4 Å². The molecule has 3 aliphatic rings. The summed E-state index contributed by atoms with van der Waals surface area (Å²) < 4.78 is 23.4. The van der Waals surface area contributed by atoms with Gasteiger partial charge in [0.15, 0.2) is 5.69 Å². The van der Waals surface area contributed by atoms with Gasteiger partial charge in [-0.3, -0.25) is 43.3 Å². The number of imide groups is 1. The number of amides is 4. The molecule has 0 bridgehead atoms. The Labute approximate surface area is 386 Å². The van der Waals surface area contributed by atoms with E-state index in [0.29, 0.717) is 76.8 Å². The Balaban J connectivity index is 0.963. The highest BCUT2D eigenvalue weighted by atomic mass is 35.5. The fraction of sp³-hybridized carbons (Fsp3) is 0.356. The highest BCUT2D eigenvalue weighted by Crippen LogP contribution is 2.44.